The third kappa shape index (κ3) is 3.80. The molecule has 0 bridgehead atoms. The molecule has 2 aromatic carbocycles. The first-order valence-corrected chi connectivity index (χ1v) is 9.30. The molecule has 0 aliphatic carbocycles. The van der Waals surface area contributed by atoms with Crippen molar-refractivity contribution in [2.45, 2.75) is 39.5 Å². The van der Waals surface area contributed by atoms with Gasteiger partial charge in [-0.1, -0.05) is 83.5 Å². The number of benzene rings is 2. The standard InChI is InChI=1S/C18H25P/c1-3-5-6-9-15-19(4-2)18-14-10-12-16-11-7-8-13-17(16)18/h7-8,10-14H,3-6,9,15H2,1-2H3. The Hall–Kier alpha value is -0.870. The van der Waals surface area contributed by atoms with Gasteiger partial charge in [0.15, 0.2) is 0 Å². The van der Waals surface area contributed by atoms with Crippen LogP contribution in [-0.2, 0) is 0 Å². The third-order valence-electron chi connectivity index (χ3n) is 3.77. The predicted molar refractivity (Wildman–Crippen MR) is 90.1 cm³/mol. The smallest absolute Gasteiger partial charge is 0.0107 e. The molecule has 0 saturated heterocycles. The van der Waals surface area contributed by atoms with E-state index in [0.29, 0.717) is 0 Å². The normalized spacial score (nSPS) is 12.7. The Morgan fingerprint density at radius 1 is 0.842 bits per heavy atom. The Labute approximate surface area is 119 Å². The molecule has 1 atom stereocenters. The zero-order valence-corrected chi connectivity index (χ0v) is 13.1. The van der Waals surface area contributed by atoms with Crippen molar-refractivity contribution in [1.82, 2.24) is 0 Å². The highest BCUT2D eigenvalue weighted by atomic mass is 31.1. The van der Waals surface area contributed by atoms with Crippen molar-refractivity contribution in [1.29, 1.82) is 0 Å². The molecule has 0 aliphatic rings. The summed E-state index contributed by atoms with van der Waals surface area (Å²) < 4.78 is 0. The molecule has 0 saturated carbocycles. The number of fused-ring (bicyclic) bond motifs is 1. The summed E-state index contributed by atoms with van der Waals surface area (Å²) in [4.78, 5) is 0. The van der Waals surface area contributed by atoms with Crippen molar-refractivity contribution in [3.63, 3.8) is 0 Å². The second kappa shape index (κ2) is 7.65. The topological polar surface area (TPSA) is 0 Å². The molecule has 1 heteroatoms. The molecule has 0 N–H and O–H groups in total. The second-order valence-corrected chi connectivity index (χ2v) is 7.78. The van der Waals surface area contributed by atoms with Gasteiger partial charge < -0.3 is 0 Å². The van der Waals surface area contributed by atoms with E-state index >= 15 is 0 Å². The van der Waals surface area contributed by atoms with E-state index in [1.54, 1.807) is 5.30 Å². The Morgan fingerprint density at radius 3 is 2.42 bits per heavy atom. The van der Waals surface area contributed by atoms with Gasteiger partial charge in [-0.05, 0) is 34.8 Å². The Balaban J connectivity index is 2.16. The number of unbranched alkanes of at least 4 members (excludes halogenated alkanes) is 3. The van der Waals surface area contributed by atoms with Gasteiger partial charge in [0.2, 0.25) is 0 Å². The minimum absolute atomic E-state index is 0.0300. The highest BCUT2D eigenvalue weighted by molar-refractivity contribution is 7.66. The molecular weight excluding hydrogens is 247 g/mol. The van der Waals surface area contributed by atoms with Crippen LogP contribution >= 0.6 is 7.92 Å². The zero-order valence-electron chi connectivity index (χ0n) is 12.2. The first kappa shape index (κ1) is 14.5. The van der Waals surface area contributed by atoms with Crippen LogP contribution in [0.5, 0.6) is 0 Å². The fourth-order valence-corrected chi connectivity index (χ4v) is 5.01. The maximum atomic E-state index is 2.36. The van der Waals surface area contributed by atoms with Gasteiger partial charge in [0, 0.05) is 0 Å². The van der Waals surface area contributed by atoms with Gasteiger partial charge in [-0.3, -0.25) is 0 Å². The fourth-order valence-electron chi connectivity index (χ4n) is 2.66. The van der Waals surface area contributed by atoms with Gasteiger partial charge in [0.05, 0.1) is 0 Å². The van der Waals surface area contributed by atoms with Crippen LogP contribution < -0.4 is 5.30 Å². The van der Waals surface area contributed by atoms with Crippen LogP contribution in [0.3, 0.4) is 0 Å². The zero-order chi connectivity index (χ0) is 13.5. The summed E-state index contributed by atoms with van der Waals surface area (Å²) in [7, 11) is 0.0300. The van der Waals surface area contributed by atoms with Gasteiger partial charge >= 0.3 is 0 Å². The molecule has 102 valence electrons. The van der Waals surface area contributed by atoms with E-state index in [1.807, 2.05) is 0 Å². The van der Waals surface area contributed by atoms with Gasteiger partial charge in [0.1, 0.15) is 0 Å². The quantitative estimate of drug-likeness (QED) is 0.458. The maximum Gasteiger partial charge on any atom is -0.0107 e. The van der Waals surface area contributed by atoms with E-state index in [1.165, 1.54) is 48.8 Å². The van der Waals surface area contributed by atoms with Crippen molar-refractivity contribution in [2.24, 2.45) is 0 Å². The number of rotatable bonds is 7. The number of hydrogen-bond acceptors (Lipinski definition) is 0. The van der Waals surface area contributed by atoms with Crippen LogP contribution in [0.1, 0.15) is 39.5 Å². The monoisotopic (exact) mass is 272 g/mol. The highest BCUT2D eigenvalue weighted by Crippen LogP contribution is 2.37. The van der Waals surface area contributed by atoms with E-state index in [4.69, 9.17) is 0 Å². The molecule has 0 amide bonds. The van der Waals surface area contributed by atoms with Gasteiger partial charge in [-0.25, -0.2) is 0 Å². The summed E-state index contributed by atoms with van der Waals surface area (Å²) in [5.41, 5.74) is 0. The first-order valence-electron chi connectivity index (χ1n) is 7.59. The van der Waals surface area contributed by atoms with Crippen LogP contribution in [0.25, 0.3) is 10.8 Å². The minimum Gasteiger partial charge on any atom is -0.0749 e. The summed E-state index contributed by atoms with van der Waals surface area (Å²) in [5.74, 6) is 0. The molecule has 0 fully saturated rings. The molecule has 19 heavy (non-hydrogen) atoms. The summed E-state index contributed by atoms with van der Waals surface area (Å²) in [6, 6.07) is 15.7. The summed E-state index contributed by atoms with van der Waals surface area (Å²) in [6.45, 7) is 4.64. The molecule has 2 aromatic rings. The molecule has 0 nitrogen and oxygen atoms in total. The Bertz CT molecular complexity index is 499. The molecule has 0 aliphatic heterocycles. The highest BCUT2D eigenvalue weighted by Gasteiger charge is 2.11. The van der Waals surface area contributed by atoms with Crippen LogP contribution in [0.4, 0.5) is 0 Å². The lowest BCUT2D eigenvalue weighted by Crippen LogP contribution is -2.06. The van der Waals surface area contributed by atoms with Crippen molar-refractivity contribution in [3.8, 4) is 0 Å². The molecule has 1 unspecified atom stereocenters. The largest absolute Gasteiger partial charge is 0.0749 e. The van der Waals surface area contributed by atoms with Gasteiger partial charge in [0.25, 0.3) is 0 Å². The second-order valence-electron chi connectivity index (χ2n) is 5.14. The molecule has 0 aromatic heterocycles. The molecule has 0 spiro atoms. The third-order valence-corrected chi connectivity index (χ3v) is 6.46. The molecule has 2 rings (SSSR count). The van der Waals surface area contributed by atoms with Crippen molar-refractivity contribution < 1.29 is 0 Å². The van der Waals surface area contributed by atoms with E-state index < -0.39 is 0 Å². The predicted octanol–water partition coefficient (Wildman–Crippen LogP) is 5.55. The lowest BCUT2D eigenvalue weighted by molar-refractivity contribution is 0.705. The van der Waals surface area contributed by atoms with Gasteiger partial charge in [-0.2, -0.15) is 0 Å². The van der Waals surface area contributed by atoms with Crippen LogP contribution in [0.2, 0.25) is 0 Å². The fraction of sp³-hybridized carbons (Fsp3) is 0.444. The van der Waals surface area contributed by atoms with Crippen molar-refractivity contribution in [3.05, 3.63) is 42.5 Å². The summed E-state index contributed by atoms with van der Waals surface area (Å²) >= 11 is 0. The lowest BCUT2D eigenvalue weighted by atomic mass is 10.1. The van der Waals surface area contributed by atoms with Crippen LogP contribution in [-0.4, -0.2) is 12.3 Å². The van der Waals surface area contributed by atoms with Crippen LogP contribution in [0, 0.1) is 0 Å². The summed E-state index contributed by atoms with van der Waals surface area (Å²) in [6.07, 6.45) is 8.24. The van der Waals surface area contributed by atoms with E-state index in [-0.39, 0.29) is 7.92 Å². The SMILES string of the molecule is CCCCCCP(CC)c1cccc2ccccc12. The lowest BCUT2D eigenvalue weighted by Gasteiger charge is -2.18. The Morgan fingerprint density at radius 2 is 1.63 bits per heavy atom. The number of hydrogen-bond donors (Lipinski definition) is 0. The van der Waals surface area contributed by atoms with Crippen molar-refractivity contribution in [2.75, 3.05) is 12.3 Å². The molecular formula is C18H25P. The first-order chi connectivity index (χ1) is 9.36. The van der Waals surface area contributed by atoms with E-state index in [0.717, 1.165) is 0 Å². The summed E-state index contributed by atoms with van der Waals surface area (Å²) in [5, 5.41) is 4.50. The maximum absolute atomic E-state index is 2.36. The van der Waals surface area contributed by atoms with Gasteiger partial charge in [-0.15, -0.1) is 0 Å². The molecule has 0 radical (unpaired) electrons. The average molecular weight is 272 g/mol. The van der Waals surface area contributed by atoms with E-state index in [9.17, 15) is 0 Å². The molecule has 0 heterocycles. The average Bonchev–Trinajstić information content (AvgIpc) is 2.47. The van der Waals surface area contributed by atoms with Crippen molar-refractivity contribution >= 4 is 24.0 Å². The van der Waals surface area contributed by atoms with Crippen LogP contribution in [0.15, 0.2) is 42.5 Å². The van der Waals surface area contributed by atoms with E-state index in [2.05, 4.69) is 56.3 Å². The Kier molecular flexibility index (Phi) is 5.86. The minimum atomic E-state index is 0.0300.